The number of para-hydroxylation sites is 1. The largest absolute Gasteiger partial charge is 0.331 e. The van der Waals surface area contributed by atoms with Gasteiger partial charge in [0, 0.05) is 21.4 Å². The Balaban J connectivity index is 2.06. The highest BCUT2D eigenvalue weighted by atomic mass is 79.9. The summed E-state index contributed by atoms with van der Waals surface area (Å²) >= 11 is 3.63. The summed E-state index contributed by atoms with van der Waals surface area (Å²) < 4.78 is 1.11. The molecule has 114 valence electrons. The summed E-state index contributed by atoms with van der Waals surface area (Å²) in [5, 5.41) is 0. The number of halogens is 1. The molecule has 1 aliphatic rings. The van der Waals surface area contributed by atoms with E-state index in [1.807, 2.05) is 0 Å². The van der Waals surface area contributed by atoms with Gasteiger partial charge in [0.2, 0.25) is 0 Å². The van der Waals surface area contributed by atoms with E-state index in [2.05, 4.69) is 107 Å². The fraction of sp³-hybridized carbons (Fsp3) is 0.143. The molecular weight excluding hydrogens is 346 g/mol. The lowest BCUT2D eigenvalue weighted by atomic mass is 9.80. The number of benzene rings is 3. The third-order valence-electron chi connectivity index (χ3n) is 4.65. The summed E-state index contributed by atoms with van der Waals surface area (Å²) in [6, 6.07) is 25.9. The molecule has 0 saturated carbocycles. The summed E-state index contributed by atoms with van der Waals surface area (Å²) in [6.07, 6.45) is 0. The second kappa shape index (κ2) is 5.24. The van der Waals surface area contributed by atoms with Gasteiger partial charge in [0.1, 0.15) is 0 Å². The van der Waals surface area contributed by atoms with Gasteiger partial charge in [0.15, 0.2) is 0 Å². The lowest BCUT2D eigenvalue weighted by Gasteiger charge is -2.46. The third kappa shape index (κ3) is 2.21. The van der Waals surface area contributed by atoms with Crippen molar-refractivity contribution in [3.05, 3.63) is 82.8 Å². The summed E-state index contributed by atoms with van der Waals surface area (Å²) in [7, 11) is 0. The monoisotopic (exact) mass is 363 g/mol. The van der Waals surface area contributed by atoms with Crippen molar-refractivity contribution in [3.63, 3.8) is 0 Å². The number of hydrogen-bond donors (Lipinski definition) is 0. The predicted octanol–water partition coefficient (Wildman–Crippen LogP) is 6.50. The Bertz CT molecular complexity index is 868. The van der Waals surface area contributed by atoms with Crippen LogP contribution in [0, 0.1) is 0 Å². The lowest BCUT2D eigenvalue weighted by molar-refractivity contribution is 0.532. The summed E-state index contributed by atoms with van der Waals surface area (Å²) in [4.78, 5) is 2.44. The van der Waals surface area contributed by atoms with E-state index >= 15 is 0 Å². The van der Waals surface area contributed by atoms with E-state index in [9.17, 15) is 0 Å². The van der Waals surface area contributed by atoms with E-state index in [0.717, 1.165) is 4.47 Å². The average Bonchev–Trinajstić information content (AvgIpc) is 2.56. The highest BCUT2D eigenvalue weighted by molar-refractivity contribution is 9.10. The first-order valence-corrected chi connectivity index (χ1v) is 8.63. The zero-order valence-corrected chi connectivity index (χ0v) is 14.8. The van der Waals surface area contributed by atoms with Crippen LogP contribution in [-0.4, -0.2) is 0 Å². The maximum Gasteiger partial charge on any atom is 0.0652 e. The molecule has 3 aromatic carbocycles. The SMILES string of the molecule is CC1(C)c2ccccc2-c2cc(Br)ccc2N1c1ccccc1. The van der Waals surface area contributed by atoms with Crippen LogP contribution in [0.2, 0.25) is 0 Å². The topological polar surface area (TPSA) is 3.24 Å². The van der Waals surface area contributed by atoms with E-state index in [-0.39, 0.29) is 5.54 Å². The Morgan fingerprint density at radius 3 is 2.26 bits per heavy atom. The molecule has 23 heavy (non-hydrogen) atoms. The van der Waals surface area contributed by atoms with Crippen LogP contribution in [0.4, 0.5) is 11.4 Å². The van der Waals surface area contributed by atoms with Crippen LogP contribution in [0.15, 0.2) is 77.3 Å². The molecule has 0 radical (unpaired) electrons. The van der Waals surface area contributed by atoms with Crippen LogP contribution < -0.4 is 4.90 Å². The molecule has 0 fully saturated rings. The molecule has 0 saturated heterocycles. The van der Waals surface area contributed by atoms with E-state index in [4.69, 9.17) is 0 Å². The van der Waals surface area contributed by atoms with Crippen LogP contribution in [0.3, 0.4) is 0 Å². The van der Waals surface area contributed by atoms with Crippen molar-refractivity contribution in [1.29, 1.82) is 0 Å². The third-order valence-corrected chi connectivity index (χ3v) is 5.14. The van der Waals surface area contributed by atoms with Gasteiger partial charge in [-0.15, -0.1) is 0 Å². The molecule has 2 heteroatoms. The number of fused-ring (bicyclic) bond motifs is 3. The van der Waals surface area contributed by atoms with Gasteiger partial charge in [-0.1, -0.05) is 58.4 Å². The Morgan fingerprint density at radius 2 is 1.48 bits per heavy atom. The number of anilines is 2. The first kappa shape index (κ1) is 14.5. The number of nitrogens with zero attached hydrogens (tertiary/aromatic N) is 1. The maximum absolute atomic E-state index is 3.63. The van der Waals surface area contributed by atoms with Crippen LogP contribution in [0.5, 0.6) is 0 Å². The molecule has 0 unspecified atom stereocenters. The minimum Gasteiger partial charge on any atom is -0.331 e. The minimum atomic E-state index is -0.112. The van der Waals surface area contributed by atoms with Crippen molar-refractivity contribution in [2.75, 3.05) is 4.90 Å². The Kier molecular flexibility index (Phi) is 3.31. The quantitative estimate of drug-likeness (QED) is 0.476. The van der Waals surface area contributed by atoms with E-state index in [1.54, 1.807) is 0 Å². The maximum atomic E-state index is 3.63. The zero-order chi connectivity index (χ0) is 16.0. The molecule has 0 aromatic heterocycles. The van der Waals surface area contributed by atoms with Gasteiger partial charge < -0.3 is 4.90 Å². The predicted molar refractivity (Wildman–Crippen MR) is 101 cm³/mol. The smallest absolute Gasteiger partial charge is 0.0652 e. The van der Waals surface area contributed by atoms with Crippen molar-refractivity contribution in [2.45, 2.75) is 19.4 Å². The first-order chi connectivity index (χ1) is 11.1. The number of rotatable bonds is 1. The normalized spacial score (nSPS) is 15.0. The molecule has 0 atom stereocenters. The van der Waals surface area contributed by atoms with Crippen LogP contribution in [0.25, 0.3) is 11.1 Å². The molecule has 1 heterocycles. The van der Waals surface area contributed by atoms with Crippen LogP contribution >= 0.6 is 15.9 Å². The summed E-state index contributed by atoms with van der Waals surface area (Å²) in [5.41, 5.74) is 6.31. The van der Waals surface area contributed by atoms with Crippen LogP contribution in [0.1, 0.15) is 19.4 Å². The molecule has 3 aromatic rings. The van der Waals surface area contributed by atoms with Crippen molar-refractivity contribution in [3.8, 4) is 11.1 Å². The molecule has 1 aliphatic heterocycles. The molecule has 0 bridgehead atoms. The molecule has 0 N–H and O–H groups in total. The Labute approximate surface area is 145 Å². The fourth-order valence-electron chi connectivity index (χ4n) is 3.63. The molecule has 0 aliphatic carbocycles. The van der Waals surface area contributed by atoms with Gasteiger partial charge >= 0.3 is 0 Å². The van der Waals surface area contributed by atoms with Crippen LogP contribution in [-0.2, 0) is 5.54 Å². The van der Waals surface area contributed by atoms with Crippen molar-refractivity contribution >= 4 is 27.3 Å². The lowest BCUT2D eigenvalue weighted by Crippen LogP contribution is -2.41. The molecular formula is C21H18BrN. The van der Waals surface area contributed by atoms with Crippen molar-refractivity contribution in [1.82, 2.24) is 0 Å². The fourth-order valence-corrected chi connectivity index (χ4v) is 3.99. The van der Waals surface area contributed by atoms with Gasteiger partial charge in [0.05, 0.1) is 5.54 Å². The molecule has 1 nitrogen and oxygen atoms in total. The van der Waals surface area contributed by atoms with Gasteiger partial charge in [-0.05, 0) is 55.3 Å². The van der Waals surface area contributed by atoms with Gasteiger partial charge in [0.25, 0.3) is 0 Å². The van der Waals surface area contributed by atoms with E-state index in [0.29, 0.717) is 0 Å². The van der Waals surface area contributed by atoms with E-state index < -0.39 is 0 Å². The minimum absolute atomic E-state index is 0.112. The molecule has 4 rings (SSSR count). The van der Waals surface area contributed by atoms with Crippen molar-refractivity contribution in [2.24, 2.45) is 0 Å². The van der Waals surface area contributed by atoms with Crippen molar-refractivity contribution < 1.29 is 0 Å². The second-order valence-electron chi connectivity index (χ2n) is 6.44. The van der Waals surface area contributed by atoms with Gasteiger partial charge in [-0.2, -0.15) is 0 Å². The molecule has 0 amide bonds. The summed E-state index contributed by atoms with van der Waals surface area (Å²) in [6.45, 7) is 4.59. The Morgan fingerprint density at radius 1 is 0.783 bits per heavy atom. The first-order valence-electron chi connectivity index (χ1n) is 7.84. The number of hydrogen-bond acceptors (Lipinski definition) is 1. The van der Waals surface area contributed by atoms with Gasteiger partial charge in [-0.25, -0.2) is 0 Å². The zero-order valence-electron chi connectivity index (χ0n) is 13.3. The average molecular weight is 364 g/mol. The summed E-state index contributed by atoms with van der Waals surface area (Å²) in [5.74, 6) is 0. The standard InChI is InChI=1S/C21H18BrN/c1-21(2)19-11-7-6-10-17(19)18-14-15(22)12-13-20(18)23(21)16-8-4-3-5-9-16/h3-14H,1-2H3. The Hall–Kier alpha value is -2.06. The second-order valence-corrected chi connectivity index (χ2v) is 7.35. The van der Waals surface area contributed by atoms with Gasteiger partial charge in [-0.3, -0.25) is 0 Å². The van der Waals surface area contributed by atoms with E-state index in [1.165, 1.54) is 28.1 Å². The highest BCUT2D eigenvalue weighted by Gasteiger charge is 2.37. The highest BCUT2D eigenvalue weighted by Crippen LogP contribution is 2.51. The molecule has 0 spiro atoms.